The Morgan fingerprint density at radius 1 is 1.21 bits per heavy atom. The van der Waals surface area contributed by atoms with Crippen molar-refractivity contribution < 1.29 is 29.0 Å². The molecule has 0 aromatic rings. The van der Waals surface area contributed by atoms with E-state index < -0.39 is 41.1 Å². The van der Waals surface area contributed by atoms with Crippen LogP contribution in [-0.2, 0) is 23.9 Å². The molecule has 4 rings (SSSR count). The average molecular weight is 404 g/mol. The van der Waals surface area contributed by atoms with E-state index in [0.29, 0.717) is 13.0 Å². The maximum atomic E-state index is 13.7. The summed E-state index contributed by atoms with van der Waals surface area (Å²) < 4.78 is 11.7. The molecule has 4 heterocycles. The number of β-amino-alcohol motifs (C(OH)–C–C–N with tert-alkyl or cyclic N) is 1. The predicted octanol–water partition coefficient (Wildman–Crippen LogP) is 0.260. The first-order chi connectivity index (χ1) is 13.7. The quantitative estimate of drug-likeness (QED) is 0.524. The second-order valence-corrected chi connectivity index (χ2v) is 9.00. The fourth-order valence-corrected chi connectivity index (χ4v) is 5.06. The van der Waals surface area contributed by atoms with Crippen molar-refractivity contribution in [3.63, 3.8) is 0 Å². The van der Waals surface area contributed by atoms with E-state index in [1.165, 1.54) is 4.90 Å². The molecule has 4 aliphatic rings. The Bertz CT molecular complexity index is 785. The number of carbonyl (C=O) groups is 3. The Morgan fingerprint density at radius 3 is 2.66 bits per heavy atom. The summed E-state index contributed by atoms with van der Waals surface area (Å²) in [5.74, 6) is -2.74. The molecule has 2 fully saturated rings. The summed E-state index contributed by atoms with van der Waals surface area (Å²) >= 11 is 0. The van der Waals surface area contributed by atoms with Gasteiger partial charge in [0.15, 0.2) is 0 Å². The van der Waals surface area contributed by atoms with E-state index in [0.717, 1.165) is 0 Å². The van der Waals surface area contributed by atoms with E-state index >= 15 is 0 Å². The fraction of sp³-hybridized carbons (Fsp3) is 0.667. The lowest BCUT2D eigenvalue weighted by atomic mass is 9.77. The SMILES string of the molecule is CC(C)(C)N1CC=C[C@]23O[C@H]4C=CCCOC(=O)[C@H]4[C@H]2C(=O)N(CCO)C3C1=O. The van der Waals surface area contributed by atoms with Gasteiger partial charge in [-0.2, -0.15) is 0 Å². The number of aliphatic hydroxyl groups is 1. The number of nitrogens with zero attached hydrogens (tertiary/aromatic N) is 2. The lowest BCUT2D eigenvalue weighted by molar-refractivity contribution is -0.155. The minimum Gasteiger partial charge on any atom is -0.465 e. The van der Waals surface area contributed by atoms with Gasteiger partial charge in [-0.15, -0.1) is 0 Å². The maximum Gasteiger partial charge on any atom is 0.312 e. The van der Waals surface area contributed by atoms with Crippen LogP contribution in [0, 0.1) is 11.8 Å². The topological polar surface area (TPSA) is 96.4 Å². The zero-order valence-corrected chi connectivity index (χ0v) is 17.0. The predicted molar refractivity (Wildman–Crippen MR) is 102 cm³/mol. The Kier molecular flexibility index (Phi) is 4.82. The molecule has 0 aromatic heterocycles. The largest absolute Gasteiger partial charge is 0.465 e. The van der Waals surface area contributed by atoms with Crippen molar-refractivity contribution in [1.82, 2.24) is 9.80 Å². The molecule has 1 unspecified atom stereocenters. The molecule has 8 nitrogen and oxygen atoms in total. The van der Waals surface area contributed by atoms with Crippen molar-refractivity contribution in [3.05, 3.63) is 24.3 Å². The van der Waals surface area contributed by atoms with Crippen molar-refractivity contribution >= 4 is 17.8 Å². The van der Waals surface area contributed by atoms with Crippen LogP contribution in [0.25, 0.3) is 0 Å². The van der Waals surface area contributed by atoms with Crippen molar-refractivity contribution in [1.29, 1.82) is 0 Å². The molecule has 29 heavy (non-hydrogen) atoms. The highest BCUT2D eigenvalue weighted by Crippen LogP contribution is 2.53. The number of fused-ring (bicyclic) bond motifs is 2. The summed E-state index contributed by atoms with van der Waals surface area (Å²) in [6, 6.07) is -0.931. The molecule has 1 N–H and O–H groups in total. The van der Waals surface area contributed by atoms with Gasteiger partial charge < -0.3 is 24.4 Å². The molecule has 2 saturated heterocycles. The molecule has 8 heteroatoms. The maximum absolute atomic E-state index is 13.7. The zero-order valence-electron chi connectivity index (χ0n) is 17.0. The number of rotatable bonds is 2. The lowest BCUT2D eigenvalue weighted by Gasteiger charge is -2.40. The number of cyclic esters (lactones) is 1. The van der Waals surface area contributed by atoms with Crippen LogP contribution in [-0.4, -0.2) is 82.3 Å². The van der Waals surface area contributed by atoms with E-state index in [2.05, 4.69) is 0 Å². The van der Waals surface area contributed by atoms with Crippen LogP contribution in [0.1, 0.15) is 27.2 Å². The van der Waals surface area contributed by atoms with Gasteiger partial charge >= 0.3 is 5.97 Å². The number of carbonyl (C=O) groups excluding carboxylic acids is 3. The molecule has 0 radical (unpaired) electrons. The standard InChI is InChI=1S/C21H28N2O6/c1-20(2,3)23-9-6-8-21-15(17(25)22(10-11-24)16(21)18(23)26)14-13(29-21)7-4-5-12-28-19(14)27/h4,6-8,13-16,24H,5,9-12H2,1-3H3/t13-,14+,15-,16?,21-/m0/s1. The van der Waals surface area contributed by atoms with Gasteiger partial charge in [-0.25, -0.2) is 0 Å². The second kappa shape index (κ2) is 6.95. The number of likely N-dealkylation sites (tertiary alicyclic amines) is 1. The van der Waals surface area contributed by atoms with Gasteiger partial charge in [-0.3, -0.25) is 14.4 Å². The Hall–Kier alpha value is -2.19. The molecule has 0 bridgehead atoms. The minimum atomic E-state index is -1.26. The minimum absolute atomic E-state index is 0.00491. The first kappa shape index (κ1) is 20.1. The first-order valence-electron chi connectivity index (χ1n) is 10.1. The van der Waals surface area contributed by atoms with E-state index in [-0.39, 0.29) is 31.6 Å². The Balaban J connectivity index is 1.85. The molecule has 4 aliphatic heterocycles. The summed E-state index contributed by atoms with van der Waals surface area (Å²) in [7, 11) is 0. The van der Waals surface area contributed by atoms with Gasteiger partial charge in [0.05, 0.1) is 25.2 Å². The highest BCUT2D eigenvalue weighted by Gasteiger charge is 2.71. The number of hydrogen-bond donors (Lipinski definition) is 1. The highest BCUT2D eigenvalue weighted by molar-refractivity contribution is 5.99. The van der Waals surface area contributed by atoms with E-state index in [9.17, 15) is 19.5 Å². The van der Waals surface area contributed by atoms with E-state index in [1.54, 1.807) is 11.0 Å². The smallest absolute Gasteiger partial charge is 0.312 e. The summed E-state index contributed by atoms with van der Waals surface area (Å²) in [6.07, 6.45) is 7.28. The van der Waals surface area contributed by atoms with Crippen LogP contribution >= 0.6 is 0 Å². The molecule has 0 aliphatic carbocycles. The normalized spacial score (nSPS) is 36.9. The van der Waals surface area contributed by atoms with E-state index in [1.807, 2.05) is 39.0 Å². The Labute approximate surface area is 170 Å². The molecule has 0 saturated carbocycles. The molecule has 2 amide bonds. The van der Waals surface area contributed by atoms with Crippen molar-refractivity contribution in [2.45, 2.75) is 50.5 Å². The average Bonchev–Trinajstić information content (AvgIpc) is 2.99. The van der Waals surface area contributed by atoms with Gasteiger partial charge in [0.25, 0.3) is 0 Å². The highest BCUT2D eigenvalue weighted by atomic mass is 16.6. The van der Waals surface area contributed by atoms with Crippen LogP contribution in [0.4, 0.5) is 0 Å². The first-order valence-corrected chi connectivity index (χ1v) is 10.1. The molecule has 1 spiro atoms. The summed E-state index contributed by atoms with van der Waals surface area (Å²) in [4.78, 5) is 43.0. The Morgan fingerprint density at radius 2 is 1.97 bits per heavy atom. The third-order valence-corrected chi connectivity index (χ3v) is 6.27. The van der Waals surface area contributed by atoms with Crippen LogP contribution in [0.3, 0.4) is 0 Å². The van der Waals surface area contributed by atoms with Crippen LogP contribution in [0.15, 0.2) is 24.3 Å². The van der Waals surface area contributed by atoms with Gasteiger partial charge in [0.1, 0.15) is 17.6 Å². The number of aliphatic hydroxyl groups excluding tert-OH is 1. The molecular weight excluding hydrogens is 376 g/mol. The van der Waals surface area contributed by atoms with Crippen LogP contribution in [0.2, 0.25) is 0 Å². The zero-order chi connectivity index (χ0) is 21.0. The summed E-state index contributed by atoms with van der Waals surface area (Å²) in [5.41, 5.74) is -1.72. The number of hydrogen-bond acceptors (Lipinski definition) is 6. The molecular formula is C21H28N2O6. The summed E-state index contributed by atoms with van der Waals surface area (Å²) in [5, 5.41) is 9.56. The molecule has 0 aromatic carbocycles. The third kappa shape index (κ3) is 2.92. The van der Waals surface area contributed by atoms with Crippen LogP contribution in [0.5, 0.6) is 0 Å². The van der Waals surface area contributed by atoms with Gasteiger partial charge in [0, 0.05) is 18.6 Å². The van der Waals surface area contributed by atoms with Gasteiger partial charge in [-0.05, 0) is 27.2 Å². The monoisotopic (exact) mass is 404 g/mol. The number of esters is 1. The third-order valence-electron chi connectivity index (χ3n) is 6.27. The number of ether oxygens (including phenoxy) is 2. The van der Waals surface area contributed by atoms with Crippen molar-refractivity contribution in [2.75, 3.05) is 26.3 Å². The van der Waals surface area contributed by atoms with Gasteiger partial charge in [0.2, 0.25) is 11.8 Å². The van der Waals surface area contributed by atoms with Crippen LogP contribution < -0.4 is 0 Å². The number of amides is 2. The second-order valence-electron chi connectivity index (χ2n) is 9.00. The molecule has 5 atom stereocenters. The van der Waals surface area contributed by atoms with Crippen molar-refractivity contribution in [3.8, 4) is 0 Å². The summed E-state index contributed by atoms with van der Waals surface area (Å²) in [6.45, 7) is 6.17. The molecule has 158 valence electrons. The van der Waals surface area contributed by atoms with Crippen molar-refractivity contribution in [2.24, 2.45) is 11.8 Å². The lowest BCUT2D eigenvalue weighted by Crippen LogP contribution is -2.58. The van der Waals surface area contributed by atoms with E-state index in [4.69, 9.17) is 9.47 Å². The fourth-order valence-electron chi connectivity index (χ4n) is 5.06. The van der Waals surface area contributed by atoms with Gasteiger partial charge in [-0.1, -0.05) is 24.3 Å².